The zero-order valence-corrected chi connectivity index (χ0v) is 23.3. The summed E-state index contributed by atoms with van der Waals surface area (Å²) in [6.45, 7) is 12.8. The van der Waals surface area contributed by atoms with Gasteiger partial charge < -0.3 is 10.2 Å². The van der Waals surface area contributed by atoms with Crippen molar-refractivity contribution in [2.24, 2.45) is 0 Å². The molecule has 1 heterocycles. The maximum Gasteiger partial charge on any atom is 0.322 e. The SMILES string of the molecule is CCCCN(C(=O)Nc1c(C)cccc1C)C(CC)c1nc2ccccc2c(=O)n1-c1ccc(C)c(C)c1. The van der Waals surface area contributed by atoms with Crippen LogP contribution in [0.1, 0.15) is 67.2 Å². The van der Waals surface area contributed by atoms with Gasteiger partial charge in [-0.3, -0.25) is 9.36 Å². The minimum atomic E-state index is -0.398. The molecule has 3 aromatic carbocycles. The fourth-order valence-electron chi connectivity index (χ4n) is 4.95. The van der Waals surface area contributed by atoms with Gasteiger partial charge in [0.25, 0.3) is 5.56 Å². The molecule has 1 aromatic heterocycles. The van der Waals surface area contributed by atoms with E-state index in [1.165, 1.54) is 0 Å². The van der Waals surface area contributed by atoms with Gasteiger partial charge in [-0.2, -0.15) is 0 Å². The summed E-state index contributed by atoms with van der Waals surface area (Å²) >= 11 is 0. The largest absolute Gasteiger partial charge is 0.322 e. The summed E-state index contributed by atoms with van der Waals surface area (Å²) in [5.41, 5.74) is 6.37. The smallest absolute Gasteiger partial charge is 0.314 e. The number of aromatic nitrogens is 2. The summed E-state index contributed by atoms with van der Waals surface area (Å²) in [5.74, 6) is 0.576. The Bertz CT molecular complexity index is 1500. The molecule has 0 aliphatic heterocycles. The summed E-state index contributed by atoms with van der Waals surface area (Å²) in [5, 5.41) is 3.73. The highest BCUT2D eigenvalue weighted by atomic mass is 16.2. The number of rotatable bonds is 8. The third-order valence-corrected chi connectivity index (χ3v) is 7.34. The predicted octanol–water partition coefficient (Wildman–Crippen LogP) is 7.40. The number of nitrogens with one attached hydrogen (secondary N) is 1. The van der Waals surface area contributed by atoms with Crippen molar-refractivity contribution in [1.82, 2.24) is 14.5 Å². The summed E-state index contributed by atoms with van der Waals surface area (Å²) < 4.78 is 1.70. The first-order valence-electron chi connectivity index (χ1n) is 13.5. The van der Waals surface area contributed by atoms with Crippen LogP contribution in [-0.2, 0) is 0 Å². The first kappa shape index (κ1) is 27.1. The van der Waals surface area contributed by atoms with Crippen molar-refractivity contribution in [3.63, 3.8) is 0 Å². The van der Waals surface area contributed by atoms with Crippen molar-refractivity contribution in [2.75, 3.05) is 11.9 Å². The van der Waals surface area contributed by atoms with E-state index >= 15 is 0 Å². The molecule has 0 saturated carbocycles. The molecule has 1 unspecified atom stereocenters. The molecular weight excluding hydrogens is 472 g/mol. The number of nitrogens with zero attached hydrogens (tertiary/aromatic N) is 3. The van der Waals surface area contributed by atoms with Crippen molar-refractivity contribution in [2.45, 2.75) is 66.8 Å². The second-order valence-electron chi connectivity index (χ2n) is 10.1. The van der Waals surface area contributed by atoms with Crippen LogP contribution in [0.25, 0.3) is 16.6 Å². The van der Waals surface area contributed by atoms with Gasteiger partial charge in [-0.05, 0) is 87.1 Å². The first-order valence-corrected chi connectivity index (χ1v) is 13.5. The summed E-state index contributed by atoms with van der Waals surface area (Å²) in [4.78, 5) is 34.7. The molecule has 198 valence electrons. The molecular formula is C32H38N4O2. The lowest BCUT2D eigenvalue weighted by Gasteiger charge is -2.33. The molecule has 0 aliphatic carbocycles. The zero-order chi connectivity index (χ0) is 27.4. The lowest BCUT2D eigenvalue weighted by molar-refractivity contribution is 0.180. The monoisotopic (exact) mass is 510 g/mol. The van der Waals surface area contributed by atoms with Crippen LogP contribution in [0.5, 0.6) is 0 Å². The number of aryl methyl sites for hydroxylation is 4. The fourth-order valence-corrected chi connectivity index (χ4v) is 4.95. The van der Waals surface area contributed by atoms with E-state index in [1.807, 2.05) is 93.3 Å². The number of hydrogen-bond donors (Lipinski definition) is 1. The van der Waals surface area contributed by atoms with Gasteiger partial charge in [0.05, 0.1) is 22.6 Å². The average molecular weight is 511 g/mol. The predicted molar refractivity (Wildman–Crippen MR) is 156 cm³/mol. The highest BCUT2D eigenvalue weighted by Crippen LogP contribution is 2.29. The standard InChI is InChI=1S/C32H38N4O2/c1-7-9-19-35(32(38)34-29-22(4)13-12-14-23(29)5)28(8-2)30-33-27-16-11-10-15-26(27)31(37)36(30)25-18-17-21(3)24(6)20-25/h10-18,20,28H,7-9,19H2,1-6H3,(H,34,38). The Morgan fingerprint density at radius 1 is 0.921 bits per heavy atom. The van der Waals surface area contributed by atoms with Crippen LogP contribution in [0.4, 0.5) is 10.5 Å². The Labute approximate surface area is 225 Å². The van der Waals surface area contributed by atoms with Crippen molar-refractivity contribution < 1.29 is 4.79 Å². The molecule has 38 heavy (non-hydrogen) atoms. The maximum absolute atomic E-state index is 14.0. The van der Waals surface area contributed by atoms with E-state index in [-0.39, 0.29) is 11.6 Å². The molecule has 1 N–H and O–H groups in total. The Balaban J connectivity index is 1.90. The number of amides is 2. The molecule has 0 fully saturated rings. The lowest BCUT2D eigenvalue weighted by atomic mass is 10.1. The van der Waals surface area contributed by atoms with Crippen molar-refractivity contribution in [1.29, 1.82) is 0 Å². The molecule has 0 aliphatic rings. The maximum atomic E-state index is 14.0. The van der Waals surface area contributed by atoms with Gasteiger partial charge in [0.1, 0.15) is 5.82 Å². The molecule has 0 spiro atoms. The molecule has 6 nitrogen and oxygen atoms in total. The third kappa shape index (κ3) is 5.35. The number of benzene rings is 3. The number of carbonyl (C=O) groups excluding carboxylic acids is 1. The molecule has 6 heteroatoms. The van der Waals surface area contributed by atoms with Crippen molar-refractivity contribution in [3.05, 3.63) is 99.1 Å². The van der Waals surface area contributed by atoms with Gasteiger partial charge in [-0.1, -0.05) is 56.7 Å². The van der Waals surface area contributed by atoms with Gasteiger partial charge >= 0.3 is 6.03 Å². The molecule has 0 radical (unpaired) electrons. The summed E-state index contributed by atoms with van der Waals surface area (Å²) in [7, 11) is 0. The number of hydrogen-bond acceptors (Lipinski definition) is 3. The average Bonchev–Trinajstić information content (AvgIpc) is 2.90. The Hall–Kier alpha value is -3.93. The second kappa shape index (κ2) is 11.6. The lowest BCUT2D eigenvalue weighted by Crippen LogP contribution is -2.41. The van der Waals surface area contributed by atoms with E-state index in [4.69, 9.17) is 4.98 Å². The molecule has 0 saturated heterocycles. The molecule has 4 aromatic rings. The number of urea groups is 1. The summed E-state index contributed by atoms with van der Waals surface area (Å²) in [6.07, 6.45) is 2.40. The fraction of sp³-hybridized carbons (Fsp3) is 0.344. The number of carbonyl (C=O) groups is 1. The highest BCUT2D eigenvalue weighted by Gasteiger charge is 2.29. The van der Waals surface area contributed by atoms with Gasteiger partial charge in [0.2, 0.25) is 0 Å². The van der Waals surface area contributed by atoms with Crippen molar-refractivity contribution >= 4 is 22.6 Å². The highest BCUT2D eigenvalue weighted by molar-refractivity contribution is 5.91. The van der Waals surface area contributed by atoms with Crippen LogP contribution < -0.4 is 10.9 Å². The zero-order valence-electron chi connectivity index (χ0n) is 23.3. The second-order valence-corrected chi connectivity index (χ2v) is 10.1. The van der Waals surface area contributed by atoms with Gasteiger partial charge in [0, 0.05) is 12.2 Å². The minimum Gasteiger partial charge on any atom is -0.314 e. The van der Waals surface area contributed by atoms with E-state index in [2.05, 4.69) is 19.2 Å². The van der Waals surface area contributed by atoms with E-state index in [9.17, 15) is 9.59 Å². The van der Waals surface area contributed by atoms with Crippen LogP contribution >= 0.6 is 0 Å². The van der Waals surface area contributed by atoms with Gasteiger partial charge in [-0.15, -0.1) is 0 Å². The van der Waals surface area contributed by atoms with Crippen molar-refractivity contribution in [3.8, 4) is 5.69 Å². The van der Waals surface area contributed by atoms with Gasteiger partial charge in [-0.25, -0.2) is 9.78 Å². The number of fused-ring (bicyclic) bond motifs is 1. The number of anilines is 1. The van der Waals surface area contributed by atoms with Crippen LogP contribution in [0.2, 0.25) is 0 Å². The first-order chi connectivity index (χ1) is 18.3. The van der Waals surface area contributed by atoms with E-state index < -0.39 is 6.04 Å². The van der Waals surface area contributed by atoms with E-state index in [1.54, 1.807) is 4.57 Å². The van der Waals surface area contributed by atoms with Gasteiger partial charge in [0.15, 0.2) is 0 Å². The Kier molecular flexibility index (Phi) is 8.30. The quantitative estimate of drug-likeness (QED) is 0.268. The van der Waals surface area contributed by atoms with E-state index in [0.29, 0.717) is 29.7 Å². The third-order valence-electron chi connectivity index (χ3n) is 7.34. The normalized spacial score (nSPS) is 11.9. The number of para-hydroxylation sites is 2. The van der Waals surface area contributed by atoms with Crippen LogP contribution in [0.3, 0.4) is 0 Å². The topological polar surface area (TPSA) is 67.2 Å². The summed E-state index contributed by atoms with van der Waals surface area (Å²) in [6, 6.07) is 18.9. The Morgan fingerprint density at radius 3 is 2.29 bits per heavy atom. The Morgan fingerprint density at radius 2 is 1.63 bits per heavy atom. The molecule has 0 bridgehead atoms. The molecule has 2 amide bonds. The minimum absolute atomic E-state index is 0.127. The van der Waals surface area contributed by atoms with E-state index in [0.717, 1.165) is 46.5 Å². The van der Waals surface area contributed by atoms with Crippen LogP contribution in [-0.4, -0.2) is 27.0 Å². The van der Waals surface area contributed by atoms with Crippen LogP contribution in [0, 0.1) is 27.7 Å². The van der Waals surface area contributed by atoms with Crippen LogP contribution in [0.15, 0.2) is 65.5 Å². The molecule has 1 atom stereocenters. The molecule has 4 rings (SSSR count). The number of unbranched alkanes of at least 4 members (excludes halogenated alkanes) is 1.